The molecule has 0 saturated heterocycles. The van der Waals surface area contributed by atoms with Crippen molar-refractivity contribution >= 4 is 17.5 Å². The van der Waals surface area contributed by atoms with Gasteiger partial charge in [-0.25, -0.2) is 0 Å². The summed E-state index contributed by atoms with van der Waals surface area (Å²) in [4.78, 5) is 12.7. The van der Waals surface area contributed by atoms with Gasteiger partial charge >= 0.3 is 0 Å². The van der Waals surface area contributed by atoms with Crippen LogP contribution in [0.25, 0.3) is 0 Å². The third-order valence-electron chi connectivity index (χ3n) is 4.08. The number of hydrogen-bond acceptors (Lipinski definition) is 6. The Morgan fingerprint density at radius 3 is 2.76 bits per heavy atom. The van der Waals surface area contributed by atoms with E-state index in [-0.39, 0.29) is 11.8 Å². The predicted molar refractivity (Wildman–Crippen MR) is 97.4 cm³/mol. The van der Waals surface area contributed by atoms with Gasteiger partial charge in [-0.2, -0.15) is 0 Å². The van der Waals surface area contributed by atoms with Crippen LogP contribution in [0, 0.1) is 13.8 Å². The highest BCUT2D eigenvalue weighted by molar-refractivity contribution is 7.99. The van der Waals surface area contributed by atoms with Crippen molar-refractivity contribution in [3.8, 4) is 0 Å². The largest absolute Gasteiger partial charge is 0.383 e. The minimum atomic E-state index is 0.0928. The van der Waals surface area contributed by atoms with Crippen LogP contribution in [0.1, 0.15) is 34.7 Å². The number of carbonyl (C=O) groups excluding carboxylic acids is 1. The van der Waals surface area contributed by atoms with Crippen molar-refractivity contribution in [2.45, 2.75) is 38.5 Å². The molecule has 1 atom stereocenters. The molecular formula is C17H26N4O3S. The number of hydrogen-bond donors (Lipinski definition) is 0. The second-order valence-corrected chi connectivity index (χ2v) is 6.91. The van der Waals surface area contributed by atoms with Crippen molar-refractivity contribution in [1.29, 1.82) is 0 Å². The molecule has 0 N–H and O–H groups in total. The SMILES string of the molecule is COCCn1cnnc1SCC(=O)c1cc(C)n(C(C)COC)c1C. The van der Waals surface area contributed by atoms with E-state index < -0.39 is 0 Å². The highest BCUT2D eigenvalue weighted by atomic mass is 32.2. The van der Waals surface area contributed by atoms with Gasteiger partial charge in [-0.15, -0.1) is 10.2 Å². The molecule has 7 nitrogen and oxygen atoms in total. The Hall–Kier alpha value is -1.64. The van der Waals surface area contributed by atoms with Gasteiger partial charge in [0.25, 0.3) is 0 Å². The lowest BCUT2D eigenvalue weighted by Crippen LogP contribution is -2.15. The number of thioether (sulfide) groups is 1. The molecule has 1 unspecified atom stereocenters. The van der Waals surface area contributed by atoms with Crippen molar-refractivity contribution in [2.75, 3.05) is 33.2 Å². The molecule has 2 aromatic heterocycles. The molecule has 8 heteroatoms. The summed E-state index contributed by atoms with van der Waals surface area (Å²) in [7, 11) is 3.34. The standard InChI is InChI=1S/C17H26N4O3S/c1-12-8-15(14(3)21(12)13(2)9-24-5)16(22)10-25-17-19-18-11-20(17)6-7-23-4/h8,11,13H,6-7,9-10H2,1-5H3. The summed E-state index contributed by atoms with van der Waals surface area (Å²) in [6.45, 7) is 7.95. The fraction of sp³-hybridized carbons (Fsp3) is 0.588. The Balaban J connectivity index is 2.07. The van der Waals surface area contributed by atoms with Gasteiger partial charge in [0.1, 0.15) is 6.33 Å². The van der Waals surface area contributed by atoms with E-state index in [0.29, 0.717) is 25.5 Å². The number of ketones is 1. The molecule has 25 heavy (non-hydrogen) atoms. The average Bonchev–Trinajstić information content (AvgIpc) is 3.14. The van der Waals surface area contributed by atoms with Crippen LogP contribution in [0.3, 0.4) is 0 Å². The number of rotatable bonds is 10. The molecule has 0 saturated carbocycles. The first kappa shape index (κ1) is 19.7. The molecule has 0 aliphatic heterocycles. The van der Waals surface area contributed by atoms with Gasteiger partial charge in [0, 0.05) is 37.7 Å². The first-order valence-electron chi connectivity index (χ1n) is 8.19. The van der Waals surface area contributed by atoms with E-state index in [4.69, 9.17) is 9.47 Å². The van der Waals surface area contributed by atoms with E-state index in [1.165, 1.54) is 11.8 Å². The van der Waals surface area contributed by atoms with Gasteiger partial charge in [-0.05, 0) is 26.8 Å². The van der Waals surface area contributed by atoms with Crippen LogP contribution >= 0.6 is 11.8 Å². The molecule has 2 heterocycles. The van der Waals surface area contributed by atoms with Gasteiger partial charge < -0.3 is 18.6 Å². The minimum absolute atomic E-state index is 0.0928. The van der Waals surface area contributed by atoms with Crippen molar-refractivity contribution in [3.05, 3.63) is 29.3 Å². The van der Waals surface area contributed by atoms with E-state index in [2.05, 4.69) is 21.7 Å². The predicted octanol–water partition coefficient (Wildman–Crippen LogP) is 2.53. The smallest absolute Gasteiger partial charge is 0.191 e. The van der Waals surface area contributed by atoms with E-state index in [9.17, 15) is 4.79 Å². The van der Waals surface area contributed by atoms with Gasteiger partial charge in [-0.1, -0.05) is 11.8 Å². The number of aryl methyl sites for hydroxylation is 1. The molecule has 0 aromatic carbocycles. The third kappa shape index (κ3) is 4.71. The number of methoxy groups -OCH3 is 2. The highest BCUT2D eigenvalue weighted by Crippen LogP contribution is 2.23. The van der Waals surface area contributed by atoms with Crippen LogP contribution in [-0.4, -0.2) is 58.3 Å². The number of Topliss-reactive ketones (excluding diaryl/α,β-unsaturated/α-hetero) is 1. The van der Waals surface area contributed by atoms with Crippen LogP contribution < -0.4 is 0 Å². The topological polar surface area (TPSA) is 71.2 Å². The molecule has 0 spiro atoms. The lowest BCUT2D eigenvalue weighted by atomic mass is 10.2. The van der Waals surface area contributed by atoms with Gasteiger partial charge in [0.2, 0.25) is 0 Å². The van der Waals surface area contributed by atoms with E-state index in [1.54, 1.807) is 20.5 Å². The molecule has 0 amide bonds. The average molecular weight is 366 g/mol. The van der Waals surface area contributed by atoms with E-state index in [1.807, 2.05) is 24.5 Å². The Bertz CT molecular complexity index is 711. The Morgan fingerprint density at radius 1 is 1.32 bits per heavy atom. The maximum Gasteiger partial charge on any atom is 0.191 e. The number of aromatic nitrogens is 4. The molecule has 0 aliphatic rings. The molecule has 138 valence electrons. The van der Waals surface area contributed by atoms with Gasteiger partial charge in [0.05, 0.1) is 25.0 Å². The molecule has 0 aliphatic carbocycles. The van der Waals surface area contributed by atoms with Crippen molar-refractivity contribution in [1.82, 2.24) is 19.3 Å². The quantitative estimate of drug-likeness (QED) is 0.475. The minimum Gasteiger partial charge on any atom is -0.383 e. The van der Waals surface area contributed by atoms with Crippen molar-refractivity contribution < 1.29 is 14.3 Å². The van der Waals surface area contributed by atoms with Crippen LogP contribution in [-0.2, 0) is 16.0 Å². The van der Waals surface area contributed by atoms with Crippen LogP contribution in [0.2, 0.25) is 0 Å². The molecule has 2 aromatic rings. The molecule has 0 fully saturated rings. The number of carbonyl (C=O) groups is 1. The molecule has 2 rings (SSSR count). The highest BCUT2D eigenvalue weighted by Gasteiger charge is 2.19. The summed E-state index contributed by atoms with van der Waals surface area (Å²) in [5.74, 6) is 0.421. The van der Waals surface area contributed by atoms with Gasteiger partial charge in [0.15, 0.2) is 10.9 Å². The summed E-state index contributed by atoms with van der Waals surface area (Å²) in [5, 5.41) is 8.72. The van der Waals surface area contributed by atoms with Crippen LogP contribution in [0.15, 0.2) is 17.6 Å². The number of nitrogens with zero attached hydrogens (tertiary/aromatic N) is 4. The first-order valence-corrected chi connectivity index (χ1v) is 9.18. The van der Waals surface area contributed by atoms with Crippen LogP contribution in [0.5, 0.6) is 0 Å². The Morgan fingerprint density at radius 2 is 2.08 bits per heavy atom. The van der Waals surface area contributed by atoms with E-state index >= 15 is 0 Å². The molecule has 0 radical (unpaired) electrons. The molecular weight excluding hydrogens is 340 g/mol. The Kier molecular flexibility index (Phi) is 7.22. The first-order chi connectivity index (χ1) is 12.0. The summed E-state index contributed by atoms with van der Waals surface area (Å²) < 4.78 is 14.4. The van der Waals surface area contributed by atoms with E-state index in [0.717, 1.165) is 22.1 Å². The third-order valence-corrected chi connectivity index (χ3v) is 5.06. The zero-order chi connectivity index (χ0) is 18.4. The summed E-state index contributed by atoms with van der Waals surface area (Å²) in [6.07, 6.45) is 1.66. The fourth-order valence-electron chi connectivity index (χ4n) is 2.96. The lowest BCUT2D eigenvalue weighted by molar-refractivity contribution is 0.102. The zero-order valence-corrected chi connectivity index (χ0v) is 16.3. The second kappa shape index (κ2) is 9.17. The monoisotopic (exact) mass is 366 g/mol. The summed E-state index contributed by atoms with van der Waals surface area (Å²) in [5.41, 5.74) is 2.81. The normalized spacial score (nSPS) is 12.5. The molecule has 0 bridgehead atoms. The van der Waals surface area contributed by atoms with Gasteiger partial charge in [-0.3, -0.25) is 4.79 Å². The summed E-state index contributed by atoms with van der Waals surface area (Å²) in [6, 6.07) is 2.15. The van der Waals surface area contributed by atoms with Crippen molar-refractivity contribution in [2.24, 2.45) is 0 Å². The lowest BCUT2D eigenvalue weighted by Gasteiger charge is -2.17. The van der Waals surface area contributed by atoms with Crippen LogP contribution in [0.4, 0.5) is 0 Å². The Labute approximate surface area is 152 Å². The fourth-order valence-corrected chi connectivity index (χ4v) is 3.79. The maximum atomic E-state index is 12.7. The maximum absolute atomic E-state index is 12.7. The van der Waals surface area contributed by atoms with Crippen molar-refractivity contribution in [3.63, 3.8) is 0 Å². The second-order valence-electron chi connectivity index (χ2n) is 5.97. The zero-order valence-electron chi connectivity index (χ0n) is 15.5. The number of ether oxygens (including phenoxy) is 2. The summed E-state index contributed by atoms with van der Waals surface area (Å²) >= 11 is 1.40.